The molecule has 26 heavy (non-hydrogen) atoms. The van der Waals surface area contributed by atoms with Crippen molar-refractivity contribution in [3.63, 3.8) is 0 Å². The highest BCUT2D eigenvalue weighted by molar-refractivity contribution is 5.79. The molecule has 2 amide bonds. The van der Waals surface area contributed by atoms with Gasteiger partial charge in [0.2, 0.25) is 5.91 Å². The van der Waals surface area contributed by atoms with Gasteiger partial charge in [-0.1, -0.05) is 0 Å². The van der Waals surface area contributed by atoms with Gasteiger partial charge in [-0.2, -0.15) is 0 Å². The number of hydrogen-bond donors (Lipinski definition) is 2. The maximum absolute atomic E-state index is 12.7. The van der Waals surface area contributed by atoms with Gasteiger partial charge in [0.05, 0.1) is 0 Å². The molecular weight excluding hydrogens is 330 g/mol. The summed E-state index contributed by atoms with van der Waals surface area (Å²) in [6.45, 7) is 15.5. The number of likely N-dealkylation sites (tertiary alicyclic amines) is 1. The van der Waals surface area contributed by atoms with E-state index in [1.165, 1.54) is 0 Å². The Kier molecular flexibility index (Phi) is 5.96. The van der Waals surface area contributed by atoms with Crippen LogP contribution >= 0.6 is 0 Å². The van der Waals surface area contributed by atoms with Gasteiger partial charge in [0.25, 0.3) is 0 Å². The summed E-state index contributed by atoms with van der Waals surface area (Å²) in [5.74, 6) is 0.113. The van der Waals surface area contributed by atoms with Gasteiger partial charge in [0.1, 0.15) is 5.60 Å². The number of ether oxygens (including phenoxy) is 1. The van der Waals surface area contributed by atoms with E-state index in [4.69, 9.17) is 4.74 Å². The largest absolute Gasteiger partial charge is 0.444 e. The van der Waals surface area contributed by atoms with Crippen molar-refractivity contribution in [2.45, 2.75) is 96.9 Å². The molecule has 2 N–H and O–H groups in total. The lowest BCUT2D eigenvalue weighted by atomic mass is 9.79. The molecule has 0 aromatic rings. The molecule has 0 spiro atoms. The summed E-state index contributed by atoms with van der Waals surface area (Å²) in [7, 11) is 0. The molecule has 0 radical (unpaired) electrons. The first-order chi connectivity index (χ1) is 11.8. The number of carbonyl (C=O) groups is 2. The third kappa shape index (κ3) is 6.15. The Morgan fingerprint density at radius 3 is 2.00 bits per heavy atom. The quantitative estimate of drug-likeness (QED) is 0.787. The summed E-state index contributed by atoms with van der Waals surface area (Å²) >= 11 is 0. The summed E-state index contributed by atoms with van der Waals surface area (Å²) in [6.07, 6.45) is 2.97. The highest BCUT2D eigenvalue weighted by atomic mass is 16.6. The predicted octanol–water partition coefficient (Wildman–Crippen LogP) is 3.06. The SMILES string of the molecule is CC1(C)CC(NC(=O)C2CCN(C(=O)OC(C)(C)C)CC2)CC(C)(C)N1. The molecule has 6 heteroatoms. The van der Waals surface area contributed by atoms with E-state index in [0.29, 0.717) is 25.9 Å². The van der Waals surface area contributed by atoms with Crippen LogP contribution in [0.1, 0.15) is 74.1 Å². The minimum atomic E-state index is -0.486. The summed E-state index contributed by atoms with van der Waals surface area (Å²) in [5, 5.41) is 6.91. The maximum Gasteiger partial charge on any atom is 0.410 e. The van der Waals surface area contributed by atoms with E-state index in [-0.39, 0.29) is 35.0 Å². The Bertz CT molecular complexity index is 513. The van der Waals surface area contributed by atoms with Gasteiger partial charge in [-0.15, -0.1) is 0 Å². The molecule has 2 heterocycles. The summed E-state index contributed by atoms with van der Waals surface area (Å²) in [5.41, 5.74) is -0.459. The number of amides is 2. The Labute approximate surface area is 158 Å². The molecule has 2 rings (SSSR count). The first-order valence-electron chi connectivity index (χ1n) is 9.84. The van der Waals surface area contributed by atoms with E-state index in [1.54, 1.807) is 4.90 Å². The van der Waals surface area contributed by atoms with E-state index < -0.39 is 5.60 Å². The van der Waals surface area contributed by atoms with E-state index in [2.05, 4.69) is 38.3 Å². The maximum atomic E-state index is 12.7. The number of rotatable bonds is 2. The Balaban J connectivity index is 1.84. The Hall–Kier alpha value is -1.30. The molecule has 0 aliphatic carbocycles. The van der Waals surface area contributed by atoms with Gasteiger partial charge >= 0.3 is 6.09 Å². The lowest BCUT2D eigenvalue weighted by molar-refractivity contribution is -0.127. The van der Waals surface area contributed by atoms with Crippen LogP contribution in [0, 0.1) is 5.92 Å². The first kappa shape index (κ1) is 21.0. The summed E-state index contributed by atoms with van der Waals surface area (Å²) in [4.78, 5) is 26.6. The zero-order chi connectivity index (χ0) is 19.8. The van der Waals surface area contributed by atoms with Crippen LogP contribution in [0.3, 0.4) is 0 Å². The predicted molar refractivity (Wildman–Crippen MR) is 103 cm³/mol. The van der Waals surface area contributed by atoms with E-state index in [0.717, 1.165) is 12.8 Å². The van der Waals surface area contributed by atoms with Gasteiger partial charge in [-0.25, -0.2) is 4.79 Å². The highest BCUT2D eigenvalue weighted by Crippen LogP contribution is 2.29. The van der Waals surface area contributed by atoms with Gasteiger partial charge in [0.15, 0.2) is 0 Å². The van der Waals surface area contributed by atoms with Crippen molar-refractivity contribution < 1.29 is 14.3 Å². The van der Waals surface area contributed by atoms with Crippen molar-refractivity contribution in [3.05, 3.63) is 0 Å². The monoisotopic (exact) mass is 367 g/mol. The molecular formula is C20H37N3O3. The lowest BCUT2D eigenvalue weighted by Crippen LogP contribution is -2.62. The fraction of sp³-hybridized carbons (Fsp3) is 0.900. The first-order valence-corrected chi connectivity index (χ1v) is 9.84. The second-order valence-electron chi connectivity index (χ2n) is 10.2. The van der Waals surface area contributed by atoms with Crippen LogP contribution in [0.2, 0.25) is 0 Å². The topological polar surface area (TPSA) is 70.7 Å². The van der Waals surface area contributed by atoms with E-state index in [1.807, 2.05) is 20.8 Å². The second kappa shape index (κ2) is 7.37. The van der Waals surface area contributed by atoms with Crippen molar-refractivity contribution >= 4 is 12.0 Å². The van der Waals surface area contributed by atoms with Gasteiger partial charge < -0.3 is 20.3 Å². The fourth-order valence-electron chi connectivity index (χ4n) is 4.39. The van der Waals surface area contributed by atoms with Gasteiger partial charge in [-0.05, 0) is 74.1 Å². The van der Waals surface area contributed by atoms with E-state index in [9.17, 15) is 9.59 Å². The molecule has 2 saturated heterocycles. The molecule has 0 bridgehead atoms. The van der Waals surface area contributed by atoms with Crippen LogP contribution in [0.4, 0.5) is 4.79 Å². The second-order valence-corrected chi connectivity index (χ2v) is 10.2. The molecule has 0 saturated carbocycles. The molecule has 2 fully saturated rings. The van der Waals surface area contributed by atoms with Gasteiger partial charge in [-0.3, -0.25) is 4.79 Å². The zero-order valence-electron chi connectivity index (χ0n) is 17.6. The summed E-state index contributed by atoms with van der Waals surface area (Å²) < 4.78 is 5.42. The minimum Gasteiger partial charge on any atom is -0.444 e. The molecule has 0 aromatic carbocycles. The third-order valence-corrected chi connectivity index (χ3v) is 5.05. The normalized spacial score (nSPS) is 24.2. The Morgan fingerprint density at radius 2 is 1.54 bits per heavy atom. The molecule has 6 nitrogen and oxygen atoms in total. The van der Waals surface area contributed by atoms with Crippen molar-refractivity contribution in [1.29, 1.82) is 0 Å². The minimum absolute atomic E-state index is 0.0137. The van der Waals surface area contributed by atoms with Crippen LogP contribution in [0.5, 0.6) is 0 Å². The molecule has 2 aliphatic heterocycles. The molecule has 2 aliphatic rings. The van der Waals surface area contributed by atoms with Crippen molar-refractivity contribution in [1.82, 2.24) is 15.5 Å². The molecule has 0 atom stereocenters. The van der Waals surface area contributed by atoms with E-state index >= 15 is 0 Å². The van der Waals surface area contributed by atoms with Gasteiger partial charge in [0, 0.05) is 36.1 Å². The fourth-order valence-corrected chi connectivity index (χ4v) is 4.39. The number of piperidine rings is 2. The number of nitrogens with one attached hydrogen (secondary N) is 2. The zero-order valence-corrected chi connectivity index (χ0v) is 17.6. The van der Waals surface area contributed by atoms with Crippen LogP contribution in [-0.4, -0.2) is 52.7 Å². The smallest absolute Gasteiger partial charge is 0.410 e. The molecule has 0 unspecified atom stereocenters. The van der Waals surface area contributed by atoms with Crippen molar-refractivity contribution in [2.24, 2.45) is 5.92 Å². The molecule has 0 aromatic heterocycles. The standard InChI is InChI=1S/C20H37N3O3/c1-18(2,3)26-17(25)23-10-8-14(9-11-23)16(24)21-15-12-19(4,5)22-20(6,7)13-15/h14-15,22H,8-13H2,1-7H3,(H,21,24). The molecule has 150 valence electrons. The van der Waals surface area contributed by atoms with Crippen LogP contribution < -0.4 is 10.6 Å². The number of hydrogen-bond acceptors (Lipinski definition) is 4. The van der Waals surface area contributed by atoms with Crippen molar-refractivity contribution in [2.75, 3.05) is 13.1 Å². The summed E-state index contributed by atoms with van der Waals surface area (Å²) in [6, 6.07) is 0.192. The van der Waals surface area contributed by atoms with Crippen LogP contribution in [-0.2, 0) is 9.53 Å². The highest BCUT2D eigenvalue weighted by Gasteiger charge is 2.39. The van der Waals surface area contributed by atoms with Crippen LogP contribution in [0.25, 0.3) is 0 Å². The average Bonchev–Trinajstić information content (AvgIpc) is 2.42. The van der Waals surface area contributed by atoms with Crippen molar-refractivity contribution in [3.8, 4) is 0 Å². The number of carbonyl (C=O) groups excluding carboxylic acids is 2. The average molecular weight is 368 g/mol. The number of nitrogens with zero attached hydrogens (tertiary/aromatic N) is 1. The Morgan fingerprint density at radius 1 is 1.04 bits per heavy atom. The van der Waals surface area contributed by atoms with Crippen LogP contribution in [0.15, 0.2) is 0 Å². The third-order valence-electron chi connectivity index (χ3n) is 5.05. The lowest BCUT2D eigenvalue weighted by Gasteiger charge is -2.47.